The van der Waals surface area contributed by atoms with Crippen molar-refractivity contribution in [3.05, 3.63) is 98.3 Å². The van der Waals surface area contributed by atoms with Crippen LogP contribution in [0.1, 0.15) is 140 Å². The van der Waals surface area contributed by atoms with E-state index in [0.29, 0.717) is 41.4 Å². The van der Waals surface area contributed by atoms with Gasteiger partial charge < -0.3 is 9.47 Å². The summed E-state index contributed by atoms with van der Waals surface area (Å²) in [6, 6.07) is 17.1. The average molecular weight is 628 g/mol. The summed E-state index contributed by atoms with van der Waals surface area (Å²) in [4.78, 5) is 14.9. The number of hydrogen-bond acceptors (Lipinski definition) is 5. The topological polar surface area (TPSA) is 56.1 Å². The molecule has 2 aliphatic rings. The summed E-state index contributed by atoms with van der Waals surface area (Å²) in [5, 5.41) is 0.536. The number of nitrogens with zero attached hydrogens (tertiary/aromatic N) is 3. The van der Waals surface area contributed by atoms with Crippen molar-refractivity contribution < 1.29 is 9.47 Å². The maximum Gasteiger partial charge on any atom is 0.236 e. The Kier molecular flexibility index (Phi) is 8.53. The second-order valence-corrected chi connectivity index (χ2v) is 17.2. The predicted octanol–water partition coefficient (Wildman–Crippen LogP) is 9.96. The van der Waals surface area contributed by atoms with E-state index >= 15 is 0 Å². The highest BCUT2D eigenvalue weighted by atomic mass is 35.5. The van der Waals surface area contributed by atoms with E-state index in [2.05, 4.69) is 119 Å². The standard InChI is InChI=1S/C39H50ClN3O2/c1-36(2,3)25-13-23(14-26(17-25)37(4,5)6)32-21-44-34(42-32)30-19-29(40)20-31(41-30)35-43-33(22-45-35)24-15-27(38(7,8)9)18-28(16-24)39(10,11)12/h13-20,32-33H,21-22H2,1-12H3. The molecule has 5 nitrogen and oxygen atoms in total. The fraction of sp³-hybridized carbons (Fsp3) is 0.513. The Balaban J connectivity index is 1.46. The summed E-state index contributed by atoms with van der Waals surface area (Å²) in [7, 11) is 0. The van der Waals surface area contributed by atoms with E-state index in [4.69, 9.17) is 36.0 Å². The minimum absolute atomic E-state index is 0.0215. The van der Waals surface area contributed by atoms with E-state index in [0.717, 1.165) is 11.1 Å². The van der Waals surface area contributed by atoms with Gasteiger partial charge in [-0.05, 0) is 67.2 Å². The number of ether oxygens (including phenoxy) is 2. The van der Waals surface area contributed by atoms with Gasteiger partial charge in [0.05, 0.1) is 0 Å². The van der Waals surface area contributed by atoms with Crippen LogP contribution in [0.4, 0.5) is 0 Å². The van der Waals surface area contributed by atoms with Crippen molar-refractivity contribution in [1.29, 1.82) is 0 Å². The van der Waals surface area contributed by atoms with Gasteiger partial charge in [0, 0.05) is 5.02 Å². The largest absolute Gasteiger partial charge is 0.474 e. The molecule has 2 atom stereocenters. The van der Waals surface area contributed by atoms with Gasteiger partial charge in [0.1, 0.15) is 36.7 Å². The molecular formula is C39H50ClN3O2. The number of pyridine rings is 1. The first kappa shape index (κ1) is 33.2. The van der Waals surface area contributed by atoms with Crippen molar-refractivity contribution in [2.45, 2.75) is 117 Å². The third-order valence-electron chi connectivity index (χ3n) is 8.67. The van der Waals surface area contributed by atoms with Gasteiger partial charge >= 0.3 is 0 Å². The molecular weight excluding hydrogens is 578 g/mol. The number of halogens is 1. The van der Waals surface area contributed by atoms with Crippen LogP contribution >= 0.6 is 11.6 Å². The van der Waals surface area contributed by atoms with Crippen molar-refractivity contribution in [2.75, 3.05) is 13.2 Å². The molecule has 3 aromatic rings. The second-order valence-electron chi connectivity index (χ2n) is 16.8. The zero-order valence-electron chi connectivity index (χ0n) is 29.2. The molecule has 5 rings (SSSR count). The third kappa shape index (κ3) is 7.46. The molecule has 0 amide bonds. The lowest BCUT2D eigenvalue weighted by Crippen LogP contribution is -2.17. The highest BCUT2D eigenvalue weighted by molar-refractivity contribution is 6.31. The van der Waals surface area contributed by atoms with Gasteiger partial charge in [-0.25, -0.2) is 15.0 Å². The molecule has 2 unspecified atom stereocenters. The average Bonchev–Trinajstić information content (AvgIpc) is 3.61. The highest BCUT2D eigenvalue weighted by Gasteiger charge is 2.30. The molecule has 0 fully saturated rings. The van der Waals surface area contributed by atoms with E-state index in [-0.39, 0.29) is 33.7 Å². The second kappa shape index (κ2) is 11.6. The lowest BCUT2D eigenvalue weighted by Gasteiger charge is -2.26. The molecule has 0 spiro atoms. The van der Waals surface area contributed by atoms with Gasteiger partial charge in [-0.3, -0.25) is 0 Å². The molecule has 45 heavy (non-hydrogen) atoms. The molecule has 0 aliphatic carbocycles. The number of aromatic nitrogens is 1. The predicted molar refractivity (Wildman–Crippen MR) is 187 cm³/mol. The number of benzene rings is 2. The van der Waals surface area contributed by atoms with Crippen LogP contribution in [-0.2, 0) is 31.1 Å². The smallest absolute Gasteiger partial charge is 0.236 e. The van der Waals surface area contributed by atoms with Crippen LogP contribution in [-0.4, -0.2) is 30.0 Å². The molecule has 0 bridgehead atoms. The van der Waals surface area contributed by atoms with Gasteiger partial charge in [-0.15, -0.1) is 0 Å². The van der Waals surface area contributed by atoms with Gasteiger partial charge in [-0.2, -0.15) is 0 Å². The normalized spacial score (nSPS) is 19.2. The molecule has 2 aromatic carbocycles. The van der Waals surface area contributed by atoms with Gasteiger partial charge in [0.2, 0.25) is 11.8 Å². The van der Waals surface area contributed by atoms with Crippen LogP contribution in [0, 0.1) is 0 Å². The first-order valence-electron chi connectivity index (χ1n) is 16.1. The fourth-order valence-corrected chi connectivity index (χ4v) is 5.71. The Hall–Kier alpha value is -3.18. The van der Waals surface area contributed by atoms with E-state index in [1.807, 2.05) is 0 Å². The van der Waals surface area contributed by atoms with Crippen molar-refractivity contribution in [1.82, 2.24) is 4.98 Å². The maximum absolute atomic E-state index is 6.64. The Morgan fingerprint density at radius 1 is 0.511 bits per heavy atom. The molecule has 3 heterocycles. The summed E-state index contributed by atoms with van der Waals surface area (Å²) in [6.45, 7) is 27.9. The summed E-state index contributed by atoms with van der Waals surface area (Å²) < 4.78 is 12.3. The van der Waals surface area contributed by atoms with Crippen LogP contribution in [0.5, 0.6) is 0 Å². The Bertz CT molecular complexity index is 1480. The van der Waals surface area contributed by atoms with Crippen LogP contribution in [0.25, 0.3) is 0 Å². The minimum atomic E-state index is -0.121. The van der Waals surface area contributed by atoms with Crippen LogP contribution in [0.15, 0.2) is 58.5 Å². The number of hydrogen-bond donors (Lipinski definition) is 0. The van der Waals surface area contributed by atoms with E-state index in [1.165, 1.54) is 22.3 Å². The summed E-state index contributed by atoms with van der Waals surface area (Å²) >= 11 is 6.64. The summed E-state index contributed by atoms with van der Waals surface area (Å²) in [6.07, 6.45) is 0. The van der Waals surface area contributed by atoms with Crippen molar-refractivity contribution >= 4 is 23.4 Å². The highest BCUT2D eigenvalue weighted by Crippen LogP contribution is 2.37. The zero-order chi connectivity index (χ0) is 33.1. The lowest BCUT2D eigenvalue weighted by molar-refractivity contribution is 0.317. The van der Waals surface area contributed by atoms with E-state index in [1.54, 1.807) is 12.1 Å². The molecule has 1 aromatic heterocycles. The molecule has 240 valence electrons. The zero-order valence-corrected chi connectivity index (χ0v) is 30.0. The van der Waals surface area contributed by atoms with Crippen molar-refractivity contribution in [3.8, 4) is 0 Å². The first-order chi connectivity index (χ1) is 20.7. The SMILES string of the molecule is CC(C)(C)c1cc(C2COC(c3cc(Cl)cc(C4=NC(c5cc(C(C)(C)C)cc(C(C)(C)C)c5)CO4)n3)=N2)cc(C(C)(C)C)c1. The quantitative estimate of drug-likeness (QED) is 0.289. The van der Waals surface area contributed by atoms with E-state index < -0.39 is 0 Å². The molecule has 6 heteroatoms. The summed E-state index contributed by atoms with van der Waals surface area (Å²) in [5.74, 6) is 0.982. The van der Waals surface area contributed by atoms with Crippen LogP contribution < -0.4 is 0 Å². The van der Waals surface area contributed by atoms with Crippen molar-refractivity contribution in [2.24, 2.45) is 9.98 Å². The third-order valence-corrected chi connectivity index (χ3v) is 8.89. The Morgan fingerprint density at radius 3 is 1.11 bits per heavy atom. The van der Waals surface area contributed by atoms with Crippen LogP contribution in [0.3, 0.4) is 0 Å². The number of rotatable bonds is 4. The molecule has 0 N–H and O–H groups in total. The Morgan fingerprint density at radius 2 is 0.822 bits per heavy atom. The van der Waals surface area contributed by atoms with Gasteiger partial charge in [0.15, 0.2) is 0 Å². The summed E-state index contributed by atoms with van der Waals surface area (Å²) in [5.41, 5.74) is 8.76. The molecule has 0 radical (unpaired) electrons. The fourth-order valence-electron chi connectivity index (χ4n) is 5.51. The van der Waals surface area contributed by atoms with Crippen molar-refractivity contribution in [3.63, 3.8) is 0 Å². The van der Waals surface area contributed by atoms with Gasteiger partial charge in [-0.1, -0.05) is 131 Å². The minimum Gasteiger partial charge on any atom is -0.474 e. The van der Waals surface area contributed by atoms with E-state index in [9.17, 15) is 0 Å². The monoisotopic (exact) mass is 627 g/mol. The molecule has 2 aliphatic heterocycles. The Labute approximate surface area is 275 Å². The molecule has 0 saturated carbocycles. The molecule has 0 saturated heterocycles. The first-order valence-corrected chi connectivity index (χ1v) is 16.5. The maximum atomic E-state index is 6.64. The lowest BCUT2D eigenvalue weighted by atomic mass is 9.79. The van der Waals surface area contributed by atoms with Gasteiger partial charge in [0.25, 0.3) is 0 Å². The number of aliphatic imine (C=N–C) groups is 2. The van der Waals surface area contributed by atoms with Crippen LogP contribution in [0.2, 0.25) is 5.02 Å².